The summed E-state index contributed by atoms with van der Waals surface area (Å²) < 4.78 is 10.7. The Morgan fingerprint density at radius 2 is 1.84 bits per heavy atom. The van der Waals surface area contributed by atoms with Crippen LogP contribution in [0.2, 0.25) is 0 Å². The van der Waals surface area contributed by atoms with Crippen LogP contribution in [0.15, 0.2) is 0 Å². The topological polar surface area (TPSA) is 88.1 Å². The first kappa shape index (κ1) is 20.0. The van der Waals surface area contributed by atoms with Crippen molar-refractivity contribution in [2.24, 2.45) is 11.3 Å². The summed E-state index contributed by atoms with van der Waals surface area (Å²) in [7, 11) is 0. The van der Waals surface area contributed by atoms with E-state index in [1.807, 2.05) is 20.8 Å². The summed E-state index contributed by atoms with van der Waals surface area (Å²) >= 11 is 0. The minimum absolute atomic E-state index is 0.0168. The molecule has 144 valence electrons. The summed E-state index contributed by atoms with van der Waals surface area (Å²) in [6, 6.07) is 0. The van der Waals surface area contributed by atoms with Crippen molar-refractivity contribution in [1.82, 2.24) is 10.2 Å². The number of rotatable bonds is 4. The molecule has 2 aliphatic rings. The number of hydrogen-bond donors (Lipinski definition) is 2. The minimum Gasteiger partial charge on any atom is -0.444 e. The van der Waals surface area contributed by atoms with Gasteiger partial charge in [-0.15, -0.1) is 0 Å². The van der Waals surface area contributed by atoms with Gasteiger partial charge in [0.1, 0.15) is 5.60 Å². The minimum atomic E-state index is -0.506. The number of ether oxygens (including phenoxy) is 2. The Kier molecular flexibility index (Phi) is 6.68. The van der Waals surface area contributed by atoms with Crippen LogP contribution in [0.5, 0.6) is 0 Å². The molecule has 2 N–H and O–H groups in total. The predicted octanol–water partition coefficient (Wildman–Crippen LogP) is 1.54. The Balaban J connectivity index is 1.76. The van der Waals surface area contributed by atoms with Crippen molar-refractivity contribution in [1.29, 1.82) is 0 Å². The number of carbonyl (C=O) groups is 2. The SMILES string of the molecule is CC(C)(C)OC(=O)N1CCC(C(=O)NCC2(CO)CCOCC2)CC1. The highest BCUT2D eigenvalue weighted by atomic mass is 16.6. The molecule has 2 aliphatic heterocycles. The summed E-state index contributed by atoms with van der Waals surface area (Å²) in [6.07, 6.45) is 2.50. The zero-order chi connectivity index (χ0) is 18.5. The fourth-order valence-corrected chi connectivity index (χ4v) is 3.26. The van der Waals surface area contributed by atoms with E-state index in [4.69, 9.17) is 9.47 Å². The average Bonchev–Trinajstić information content (AvgIpc) is 2.59. The molecule has 0 atom stereocenters. The van der Waals surface area contributed by atoms with Crippen molar-refractivity contribution < 1.29 is 24.2 Å². The molecule has 7 heteroatoms. The highest BCUT2D eigenvalue weighted by Crippen LogP contribution is 2.29. The molecule has 0 aromatic heterocycles. The van der Waals surface area contributed by atoms with Crippen LogP contribution in [-0.4, -0.2) is 67.1 Å². The van der Waals surface area contributed by atoms with Crippen molar-refractivity contribution in [2.75, 3.05) is 39.5 Å². The molecule has 2 fully saturated rings. The number of carbonyl (C=O) groups excluding carboxylic acids is 2. The largest absolute Gasteiger partial charge is 0.444 e. The summed E-state index contributed by atoms with van der Waals surface area (Å²) in [6.45, 7) is 8.41. The van der Waals surface area contributed by atoms with Crippen molar-refractivity contribution >= 4 is 12.0 Å². The molecule has 0 aliphatic carbocycles. The van der Waals surface area contributed by atoms with Gasteiger partial charge in [0.2, 0.25) is 5.91 Å². The van der Waals surface area contributed by atoms with Gasteiger partial charge in [0.25, 0.3) is 0 Å². The first-order valence-corrected chi connectivity index (χ1v) is 9.19. The number of amides is 2. The second-order valence-corrected chi connectivity index (χ2v) is 8.23. The number of aliphatic hydroxyl groups is 1. The number of nitrogens with zero attached hydrogens (tertiary/aromatic N) is 1. The van der Waals surface area contributed by atoms with Gasteiger partial charge < -0.3 is 24.8 Å². The highest BCUT2D eigenvalue weighted by Gasteiger charge is 2.34. The molecule has 2 heterocycles. The van der Waals surface area contributed by atoms with Crippen LogP contribution in [0.4, 0.5) is 4.79 Å². The Bertz CT molecular complexity index is 461. The Hall–Kier alpha value is -1.34. The molecule has 2 amide bonds. The van der Waals surface area contributed by atoms with E-state index in [9.17, 15) is 14.7 Å². The molecule has 0 aromatic carbocycles. The molecule has 0 unspecified atom stereocenters. The van der Waals surface area contributed by atoms with Crippen LogP contribution < -0.4 is 5.32 Å². The van der Waals surface area contributed by atoms with Crippen molar-refractivity contribution in [3.8, 4) is 0 Å². The molecule has 2 saturated heterocycles. The molecule has 2 rings (SSSR count). The molecule has 0 radical (unpaired) electrons. The normalized spacial score (nSPS) is 21.7. The smallest absolute Gasteiger partial charge is 0.410 e. The first-order valence-electron chi connectivity index (χ1n) is 9.19. The average molecular weight is 356 g/mol. The highest BCUT2D eigenvalue weighted by molar-refractivity contribution is 5.79. The van der Waals surface area contributed by atoms with Crippen molar-refractivity contribution in [3.05, 3.63) is 0 Å². The number of piperidine rings is 1. The zero-order valence-electron chi connectivity index (χ0n) is 15.7. The molecular formula is C18H32N2O5. The van der Waals surface area contributed by atoms with E-state index in [0.717, 1.165) is 12.8 Å². The zero-order valence-corrected chi connectivity index (χ0v) is 15.7. The quantitative estimate of drug-likeness (QED) is 0.798. The van der Waals surface area contributed by atoms with Gasteiger partial charge >= 0.3 is 6.09 Å². The Morgan fingerprint density at radius 1 is 1.24 bits per heavy atom. The van der Waals surface area contributed by atoms with Gasteiger partial charge in [0.15, 0.2) is 0 Å². The Labute approximate surface area is 150 Å². The van der Waals surface area contributed by atoms with E-state index < -0.39 is 5.60 Å². The summed E-state index contributed by atoms with van der Waals surface area (Å²) in [4.78, 5) is 26.2. The second kappa shape index (κ2) is 8.36. The third-order valence-electron chi connectivity index (χ3n) is 5.04. The van der Waals surface area contributed by atoms with E-state index >= 15 is 0 Å². The Morgan fingerprint density at radius 3 is 2.36 bits per heavy atom. The van der Waals surface area contributed by atoms with Gasteiger partial charge in [-0.1, -0.05) is 0 Å². The van der Waals surface area contributed by atoms with Gasteiger partial charge in [-0.25, -0.2) is 4.79 Å². The lowest BCUT2D eigenvalue weighted by molar-refractivity contribution is -0.127. The lowest BCUT2D eigenvalue weighted by Crippen LogP contribution is -2.48. The van der Waals surface area contributed by atoms with Gasteiger partial charge in [-0.05, 0) is 46.5 Å². The molecule has 0 saturated carbocycles. The van der Waals surface area contributed by atoms with Crippen molar-refractivity contribution in [2.45, 2.75) is 52.1 Å². The van der Waals surface area contributed by atoms with Crippen LogP contribution in [0, 0.1) is 11.3 Å². The molecule has 0 spiro atoms. The predicted molar refractivity (Wildman–Crippen MR) is 93.1 cm³/mol. The standard InChI is InChI=1S/C18H32N2O5/c1-17(2,3)25-16(23)20-8-4-14(5-9-20)15(22)19-12-18(13-21)6-10-24-11-7-18/h14,21H,4-13H2,1-3H3,(H,19,22). The van der Waals surface area contributed by atoms with E-state index in [0.29, 0.717) is 45.7 Å². The van der Waals surface area contributed by atoms with E-state index in [2.05, 4.69) is 5.32 Å². The van der Waals surface area contributed by atoms with Crippen LogP contribution in [0.3, 0.4) is 0 Å². The van der Waals surface area contributed by atoms with E-state index in [1.54, 1.807) is 4.90 Å². The molecule has 0 bridgehead atoms. The van der Waals surface area contributed by atoms with Gasteiger partial charge in [-0.3, -0.25) is 4.79 Å². The van der Waals surface area contributed by atoms with Crippen molar-refractivity contribution in [3.63, 3.8) is 0 Å². The maximum absolute atomic E-state index is 12.4. The fourth-order valence-electron chi connectivity index (χ4n) is 3.26. The monoisotopic (exact) mass is 356 g/mol. The fraction of sp³-hybridized carbons (Fsp3) is 0.889. The van der Waals surface area contributed by atoms with E-state index in [-0.39, 0.29) is 29.9 Å². The first-order chi connectivity index (χ1) is 11.7. The van der Waals surface area contributed by atoms with Crippen LogP contribution in [0.1, 0.15) is 46.5 Å². The molecular weight excluding hydrogens is 324 g/mol. The van der Waals surface area contributed by atoms with Crippen LogP contribution >= 0.6 is 0 Å². The summed E-state index contributed by atoms with van der Waals surface area (Å²) in [5.74, 6) is -0.0718. The third kappa shape index (κ3) is 5.85. The van der Waals surface area contributed by atoms with E-state index in [1.165, 1.54) is 0 Å². The number of aliphatic hydroxyl groups excluding tert-OH is 1. The van der Waals surface area contributed by atoms with Crippen LogP contribution in [0.25, 0.3) is 0 Å². The number of hydrogen-bond acceptors (Lipinski definition) is 5. The summed E-state index contributed by atoms with van der Waals surface area (Å²) in [5.41, 5.74) is -0.765. The van der Waals surface area contributed by atoms with Gasteiger partial charge in [0, 0.05) is 44.2 Å². The lowest BCUT2D eigenvalue weighted by atomic mass is 9.81. The molecule has 7 nitrogen and oxygen atoms in total. The summed E-state index contributed by atoms with van der Waals surface area (Å²) in [5, 5.41) is 12.7. The van der Waals surface area contributed by atoms with Gasteiger partial charge in [0.05, 0.1) is 6.61 Å². The maximum Gasteiger partial charge on any atom is 0.410 e. The number of nitrogens with one attached hydrogen (secondary N) is 1. The molecule has 25 heavy (non-hydrogen) atoms. The second-order valence-electron chi connectivity index (χ2n) is 8.23. The maximum atomic E-state index is 12.4. The molecule has 0 aromatic rings. The lowest BCUT2D eigenvalue weighted by Gasteiger charge is -2.37. The number of likely N-dealkylation sites (tertiary alicyclic amines) is 1. The van der Waals surface area contributed by atoms with Gasteiger partial charge in [-0.2, -0.15) is 0 Å². The van der Waals surface area contributed by atoms with Crippen LogP contribution in [-0.2, 0) is 14.3 Å². The third-order valence-corrected chi connectivity index (χ3v) is 5.04.